The molecule has 0 spiro atoms. The van der Waals surface area contributed by atoms with E-state index in [9.17, 15) is 5.11 Å². The van der Waals surface area contributed by atoms with Crippen LogP contribution in [0.5, 0.6) is 0 Å². The van der Waals surface area contributed by atoms with E-state index in [-0.39, 0.29) is 6.10 Å². The zero-order valence-electron chi connectivity index (χ0n) is 14.8. The topological polar surface area (TPSA) is 20.2 Å². The first-order valence-corrected chi connectivity index (χ1v) is 9.60. The van der Waals surface area contributed by atoms with E-state index in [2.05, 4.69) is 13.0 Å². The second-order valence-electron chi connectivity index (χ2n) is 6.49. The normalized spacial score (nSPS) is 13.1. The molecule has 0 aromatic rings. The molecule has 0 amide bonds. The monoisotopic (exact) mass is 296 g/mol. The van der Waals surface area contributed by atoms with Crippen molar-refractivity contribution in [3.63, 3.8) is 0 Å². The highest BCUT2D eigenvalue weighted by molar-refractivity contribution is 4.79. The van der Waals surface area contributed by atoms with Crippen LogP contribution in [0.25, 0.3) is 0 Å². The van der Waals surface area contributed by atoms with Gasteiger partial charge in [-0.05, 0) is 19.8 Å². The Kier molecular flexibility index (Phi) is 17.5. The van der Waals surface area contributed by atoms with Crippen LogP contribution >= 0.6 is 0 Å². The number of allylic oxidation sites excluding steroid dienone is 1. The fraction of sp³-hybridized carbons (Fsp3) is 0.900. The van der Waals surface area contributed by atoms with Gasteiger partial charge < -0.3 is 5.11 Å². The maximum atomic E-state index is 9.71. The van der Waals surface area contributed by atoms with Crippen molar-refractivity contribution >= 4 is 0 Å². The van der Waals surface area contributed by atoms with Gasteiger partial charge >= 0.3 is 0 Å². The van der Waals surface area contributed by atoms with E-state index in [4.69, 9.17) is 0 Å². The van der Waals surface area contributed by atoms with Gasteiger partial charge in [-0.3, -0.25) is 0 Å². The van der Waals surface area contributed by atoms with Gasteiger partial charge in [0.15, 0.2) is 0 Å². The van der Waals surface area contributed by atoms with E-state index >= 15 is 0 Å². The third-order valence-corrected chi connectivity index (χ3v) is 4.28. The van der Waals surface area contributed by atoms with Crippen LogP contribution in [0, 0.1) is 0 Å². The van der Waals surface area contributed by atoms with Crippen LogP contribution in [0.4, 0.5) is 0 Å². The van der Waals surface area contributed by atoms with E-state index in [1.165, 1.54) is 83.5 Å². The molecule has 1 atom stereocenters. The summed E-state index contributed by atoms with van der Waals surface area (Å²) in [6, 6.07) is 0. The summed E-state index contributed by atoms with van der Waals surface area (Å²) in [6.07, 6.45) is 23.8. The molecule has 0 aliphatic rings. The molecule has 1 heteroatoms. The third kappa shape index (κ3) is 17.6. The van der Waals surface area contributed by atoms with Gasteiger partial charge in [0.2, 0.25) is 0 Å². The molecule has 0 unspecified atom stereocenters. The molecule has 126 valence electrons. The minimum atomic E-state index is -0.117. The molecule has 0 radical (unpaired) electrons. The zero-order chi connectivity index (χ0) is 15.6. The lowest BCUT2D eigenvalue weighted by Crippen LogP contribution is -2.04. The quantitative estimate of drug-likeness (QED) is 0.245. The Morgan fingerprint density at radius 3 is 1.57 bits per heavy atom. The third-order valence-electron chi connectivity index (χ3n) is 4.28. The minimum absolute atomic E-state index is 0.117. The standard InChI is InChI=1S/C20H40O/c1-3-5-7-8-9-10-11-12-13-14-15-16-17-19-20(21)18-6-4-2/h4,6,20-21H,3,5,7-19H2,1-2H3/b6-4+/t20-/m1/s1. The second kappa shape index (κ2) is 17.8. The summed E-state index contributed by atoms with van der Waals surface area (Å²) in [5, 5.41) is 9.71. The highest BCUT2D eigenvalue weighted by Gasteiger charge is 2.00. The maximum Gasteiger partial charge on any atom is 0.0574 e. The van der Waals surface area contributed by atoms with Crippen LogP contribution in [0.2, 0.25) is 0 Å². The smallest absolute Gasteiger partial charge is 0.0574 e. The maximum absolute atomic E-state index is 9.71. The van der Waals surface area contributed by atoms with Crippen molar-refractivity contribution in [1.29, 1.82) is 0 Å². The fourth-order valence-electron chi connectivity index (χ4n) is 2.81. The molecule has 1 nitrogen and oxygen atoms in total. The summed E-state index contributed by atoms with van der Waals surface area (Å²) >= 11 is 0. The van der Waals surface area contributed by atoms with Crippen molar-refractivity contribution in [1.82, 2.24) is 0 Å². The van der Waals surface area contributed by atoms with E-state index < -0.39 is 0 Å². The summed E-state index contributed by atoms with van der Waals surface area (Å²) in [5.41, 5.74) is 0. The molecule has 0 heterocycles. The predicted molar refractivity (Wildman–Crippen MR) is 95.7 cm³/mol. The van der Waals surface area contributed by atoms with Crippen LogP contribution in [0.1, 0.15) is 110 Å². The number of hydrogen-bond acceptors (Lipinski definition) is 1. The Balaban J connectivity index is 3.05. The van der Waals surface area contributed by atoms with Gasteiger partial charge in [-0.2, -0.15) is 0 Å². The van der Waals surface area contributed by atoms with E-state index in [1.807, 2.05) is 13.0 Å². The highest BCUT2D eigenvalue weighted by Crippen LogP contribution is 2.13. The van der Waals surface area contributed by atoms with Crippen LogP contribution in [0.3, 0.4) is 0 Å². The van der Waals surface area contributed by atoms with Crippen LogP contribution in [-0.2, 0) is 0 Å². The average molecular weight is 297 g/mol. The average Bonchev–Trinajstić information content (AvgIpc) is 2.49. The van der Waals surface area contributed by atoms with Crippen molar-refractivity contribution in [3.05, 3.63) is 12.2 Å². The number of aliphatic hydroxyl groups is 1. The summed E-state index contributed by atoms with van der Waals surface area (Å²) in [6.45, 7) is 4.29. The van der Waals surface area contributed by atoms with Gasteiger partial charge in [0.25, 0.3) is 0 Å². The lowest BCUT2D eigenvalue weighted by atomic mass is 10.0. The molecule has 0 rings (SSSR count). The number of hydrogen-bond donors (Lipinski definition) is 1. The lowest BCUT2D eigenvalue weighted by molar-refractivity contribution is 0.163. The Bertz CT molecular complexity index is 210. The van der Waals surface area contributed by atoms with Crippen molar-refractivity contribution in [3.8, 4) is 0 Å². The molecule has 0 aliphatic carbocycles. The van der Waals surface area contributed by atoms with Crippen LogP contribution in [0.15, 0.2) is 12.2 Å². The SMILES string of the molecule is C/C=C/C[C@@H](O)CCCCCCCCCCCCCCC. The first-order chi connectivity index (χ1) is 10.3. The summed E-state index contributed by atoms with van der Waals surface area (Å²) < 4.78 is 0. The molecule has 21 heavy (non-hydrogen) atoms. The van der Waals surface area contributed by atoms with Crippen molar-refractivity contribution in [2.24, 2.45) is 0 Å². The molecular formula is C20H40O. The minimum Gasteiger partial charge on any atom is -0.393 e. The summed E-state index contributed by atoms with van der Waals surface area (Å²) in [7, 11) is 0. The van der Waals surface area contributed by atoms with Gasteiger partial charge in [-0.15, -0.1) is 0 Å². The Labute approximate surface area is 134 Å². The Morgan fingerprint density at radius 1 is 0.714 bits per heavy atom. The van der Waals surface area contributed by atoms with Crippen molar-refractivity contribution in [2.45, 2.75) is 116 Å². The first kappa shape index (κ1) is 20.7. The van der Waals surface area contributed by atoms with Crippen LogP contribution < -0.4 is 0 Å². The second-order valence-corrected chi connectivity index (χ2v) is 6.49. The van der Waals surface area contributed by atoms with E-state index in [0.29, 0.717) is 0 Å². The molecule has 0 saturated carbocycles. The largest absolute Gasteiger partial charge is 0.393 e. The van der Waals surface area contributed by atoms with Gasteiger partial charge in [0, 0.05) is 0 Å². The summed E-state index contributed by atoms with van der Waals surface area (Å²) in [5.74, 6) is 0. The van der Waals surface area contributed by atoms with Gasteiger partial charge in [-0.1, -0.05) is 103 Å². The van der Waals surface area contributed by atoms with Crippen LogP contribution in [-0.4, -0.2) is 11.2 Å². The molecule has 0 aromatic heterocycles. The van der Waals surface area contributed by atoms with E-state index in [0.717, 1.165) is 12.8 Å². The summed E-state index contributed by atoms with van der Waals surface area (Å²) in [4.78, 5) is 0. The lowest BCUT2D eigenvalue weighted by Gasteiger charge is -2.07. The molecule has 0 fully saturated rings. The number of unbranched alkanes of at least 4 members (excludes halogenated alkanes) is 12. The molecule has 0 aliphatic heterocycles. The Hall–Kier alpha value is -0.300. The molecule has 1 N–H and O–H groups in total. The predicted octanol–water partition coefficient (Wildman–Crippen LogP) is 6.79. The molecule has 0 aromatic carbocycles. The Morgan fingerprint density at radius 2 is 1.14 bits per heavy atom. The van der Waals surface area contributed by atoms with E-state index in [1.54, 1.807) is 0 Å². The molecule has 0 saturated heterocycles. The van der Waals surface area contributed by atoms with Crippen molar-refractivity contribution in [2.75, 3.05) is 0 Å². The number of rotatable bonds is 16. The molecular weight excluding hydrogens is 256 g/mol. The fourth-order valence-corrected chi connectivity index (χ4v) is 2.81. The highest BCUT2D eigenvalue weighted by atomic mass is 16.3. The van der Waals surface area contributed by atoms with Gasteiger partial charge in [0.1, 0.15) is 0 Å². The van der Waals surface area contributed by atoms with Gasteiger partial charge in [0.05, 0.1) is 6.10 Å². The number of aliphatic hydroxyl groups excluding tert-OH is 1. The zero-order valence-corrected chi connectivity index (χ0v) is 14.8. The first-order valence-electron chi connectivity index (χ1n) is 9.60. The molecule has 0 bridgehead atoms. The van der Waals surface area contributed by atoms with Crippen molar-refractivity contribution < 1.29 is 5.11 Å². The van der Waals surface area contributed by atoms with Gasteiger partial charge in [-0.25, -0.2) is 0 Å².